The van der Waals surface area contributed by atoms with Crippen molar-refractivity contribution in [2.45, 2.75) is 49.5 Å². The van der Waals surface area contributed by atoms with Gasteiger partial charge >= 0.3 is 0 Å². The zero-order valence-electron chi connectivity index (χ0n) is 23.2. The van der Waals surface area contributed by atoms with Crippen molar-refractivity contribution in [3.63, 3.8) is 0 Å². The smallest absolute Gasteiger partial charge is 0.0591 e. The molecule has 3 aromatic carbocycles. The summed E-state index contributed by atoms with van der Waals surface area (Å²) in [5, 5.41) is 10.6. The van der Waals surface area contributed by atoms with E-state index in [1.807, 2.05) is 12.1 Å². The Morgan fingerprint density at radius 2 is 1.15 bits per heavy atom. The molecule has 0 saturated heterocycles. The first kappa shape index (κ1) is 30.9. The maximum Gasteiger partial charge on any atom is 0.0591 e. The fourth-order valence-corrected chi connectivity index (χ4v) is 6.12. The van der Waals surface area contributed by atoms with Crippen molar-refractivity contribution in [3.05, 3.63) is 105 Å². The van der Waals surface area contributed by atoms with E-state index in [4.69, 9.17) is 22.9 Å². The molecule has 0 aliphatic rings. The summed E-state index contributed by atoms with van der Waals surface area (Å²) in [5.41, 5.74) is 32.4. The van der Waals surface area contributed by atoms with Gasteiger partial charge in [-0.3, -0.25) is 0 Å². The molecule has 0 spiro atoms. The second-order valence-electron chi connectivity index (χ2n) is 9.86. The standard InChI is InChI=1S/C33H44N4OS/c1-2-32(31-21-28(10-14-36)19-29(22-31)11-15-37)39-33(23-38)30-5-3-4-24(20-30)6-7-25-16-26(8-12-34)18-27(17-25)9-13-35/h3-5,16-22,32-33,38H,2,8-15,23,34-37H2,1H3. The number of rotatable bonds is 14. The molecule has 5 nitrogen and oxygen atoms in total. The Kier molecular flexibility index (Phi) is 13.1. The number of aliphatic hydroxyl groups excluding tert-OH is 1. The molecule has 3 aromatic rings. The first-order valence-corrected chi connectivity index (χ1v) is 14.9. The van der Waals surface area contributed by atoms with E-state index in [2.05, 4.69) is 67.3 Å². The van der Waals surface area contributed by atoms with Gasteiger partial charge in [0, 0.05) is 16.4 Å². The molecule has 0 aliphatic carbocycles. The maximum absolute atomic E-state index is 10.4. The molecule has 2 atom stereocenters. The monoisotopic (exact) mass is 544 g/mol. The molecule has 0 saturated carbocycles. The predicted octanol–water partition coefficient (Wildman–Crippen LogP) is 4.01. The third-order valence-corrected chi connectivity index (χ3v) is 8.39. The summed E-state index contributed by atoms with van der Waals surface area (Å²) in [7, 11) is 0. The SMILES string of the molecule is CCC(SC(CO)c1cccc(C#Cc2cc(CCN)cc(CCN)c2)c1)c1cc(CCN)cc(CCN)c1. The van der Waals surface area contributed by atoms with E-state index in [-0.39, 0.29) is 17.1 Å². The molecule has 0 aromatic heterocycles. The van der Waals surface area contributed by atoms with Crippen molar-refractivity contribution in [1.29, 1.82) is 0 Å². The molecule has 0 heterocycles. The molecule has 9 N–H and O–H groups in total. The Balaban J connectivity index is 1.85. The Morgan fingerprint density at radius 3 is 1.64 bits per heavy atom. The van der Waals surface area contributed by atoms with Crippen LogP contribution in [0.3, 0.4) is 0 Å². The van der Waals surface area contributed by atoms with Crippen LogP contribution in [0.5, 0.6) is 0 Å². The Labute approximate surface area is 238 Å². The van der Waals surface area contributed by atoms with Crippen molar-refractivity contribution in [1.82, 2.24) is 0 Å². The van der Waals surface area contributed by atoms with Gasteiger partial charge in [-0.2, -0.15) is 0 Å². The number of benzene rings is 3. The molecule has 0 aliphatic heterocycles. The summed E-state index contributed by atoms with van der Waals surface area (Å²) in [4.78, 5) is 0. The summed E-state index contributed by atoms with van der Waals surface area (Å²) in [6.45, 7) is 4.70. The fraction of sp³-hybridized carbons (Fsp3) is 0.394. The highest BCUT2D eigenvalue weighted by molar-refractivity contribution is 7.99. The highest BCUT2D eigenvalue weighted by Crippen LogP contribution is 2.42. The van der Waals surface area contributed by atoms with Crippen LogP contribution in [0.2, 0.25) is 0 Å². The van der Waals surface area contributed by atoms with Gasteiger partial charge in [0.2, 0.25) is 0 Å². The van der Waals surface area contributed by atoms with Crippen molar-refractivity contribution < 1.29 is 5.11 Å². The Hall–Kier alpha value is -2.63. The van der Waals surface area contributed by atoms with Crippen molar-refractivity contribution in [3.8, 4) is 11.8 Å². The fourth-order valence-electron chi connectivity index (χ4n) is 4.85. The second kappa shape index (κ2) is 16.5. The average molecular weight is 545 g/mol. The van der Waals surface area contributed by atoms with Crippen molar-refractivity contribution in [2.75, 3.05) is 32.8 Å². The highest BCUT2D eigenvalue weighted by atomic mass is 32.2. The molecule has 0 fully saturated rings. The minimum Gasteiger partial charge on any atom is -0.395 e. The third kappa shape index (κ3) is 9.51. The number of aliphatic hydroxyl groups is 1. The molecule has 208 valence electrons. The van der Waals surface area contributed by atoms with E-state index in [1.165, 1.54) is 27.8 Å². The van der Waals surface area contributed by atoms with Gasteiger partial charge < -0.3 is 28.0 Å². The Morgan fingerprint density at radius 1 is 0.641 bits per heavy atom. The van der Waals surface area contributed by atoms with Gasteiger partial charge in [0.1, 0.15) is 0 Å². The van der Waals surface area contributed by atoms with Crippen LogP contribution in [0, 0.1) is 11.8 Å². The highest BCUT2D eigenvalue weighted by Gasteiger charge is 2.20. The molecule has 2 unspecified atom stereocenters. The van der Waals surface area contributed by atoms with Crippen LogP contribution in [-0.2, 0) is 25.7 Å². The number of thioether (sulfide) groups is 1. The largest absolute Gasteiger partial charge is 0.395 e. The molecular weight excluding hydrogens is 500 g/mol. The van der Waals surface area contributed by atoms with Crippen LogP contribution in [-0.4, -0.2) is 37.9 Å². The minimum atomic E-state index is -0.0585. The number of nitrogens with two attached hydrogens (primary N) is 4. The molecule has 0 amide bonds. The normalized spacial score (nSPS) is 12.6. The maximum atomic E-state index is 10.4. The topological polar surface area (TPSA) is 124 Å². The second-order valence-corrected chi connectivity index (χ2v) is 11.3. The van der Waals surface area contributed by atoms with Gasteiger partial charge in [-0.25, -0.2) is 0 Å². The van der Waals surface area contributed by atoms with Crippen LogP contribution in [0.25, 0.3) is 0 Å². The van der Waals surface area contributed by atoms with Crippen LogP contribution in [0.4, 0.5) is 0 Å². The van der Waals surface area contributed by atoms with Gasteiger partial charge in [-0.15, -0.1) is 11.8 Å². The van der Waals surface area contributed by atoms with Crippen molar-refractivity contribution >= 4 is 11.8 Å². The van der Waals surface area contributed by atoms with E-state index in [9.17, 15) is 5.11 Å². The zero-order valence-corrected chi connectivity index (χ0v) is 24.0. The predicted molar refractivity (Wildman–Crippen MR) is 167 cm³/mol. The first-order chi connectivity index (χ1) is 19.0. The lowest BCUT2D eigenvalue weighted by molar-refractivity contribution is 0.296. The molecule has 0 bridgehead atoms. The average Bonchev–Trinajstić information content (AvgIpc) is 2.93. The Bertz CT molecular complexity index is 1200. The van der Waals surface area contributed by atoms with Gasteiger partial charge in [0.05, 0.1) is 11.9 Å². The third-order valence-electron chi connectivity index (χ3n) is 6.71. The van der Waals surface area contributed by atoms with E-state index in [0.29, 0.717) is 26.2 Å². The summed E-state index contributed by atoms with van der Waals surface area (Å²) in [6, 6.07) is 21.4. The summed E-state index contributed by atoms with van der Waals surface area (Å²) >= 11 is 1.80. The van der Waals surface area contributed by atoms with Crippen LogP contribution >= 0.6 is 11.8 Å². The zero-order chi connectivity index (χ0) is 28.0. The summed E-state index contributed by atoms with van der Waals surface area (Å²) in [5.74, 6) is 6.67. The molecular formula is C33H44N4OS. The van der Waals surface area contributed by atoms with Gasteiger partial charge in [0.15, 0.2) is 0 Å². The lowest BCUT2D eigenvalue weighted by Crippen LogP contribution is -2.09. The van der Waals surface area contributed by atoms with Gasteiger partial charge in [-0.1, -0.05) is 55.2 Å². The van der Waals surface area contributed by atoms with Crippen LogP contribution in [0.15, 0.2) is 60.7 Å². The molecule has 39 heavy (non-hydrogen) atoms. The molecule has 6 heteroatoms. The van der Waals surface area contributed by atoms with Crippen molar-refractivity contribution in [2.24, 2.45) is 22.9 Å². The number of hydrogen-bond acceptors (Lipinski definition) is 6. The summed E-state index contributed by atoms with van der Waals surface area (Å²) < 4.78 is 0. The first-order valence-electron chi connectivity index (χ1n) is 14.0. The van der Waals surface area contributed by atoms with E-state index in [1.54, 1.807) is 11.8 Å². The van der Waals surface area contributed by atoms with E-state index < -0.39 is 0 Å². The van der Waals surface area contributed by atoms with Crippen LogP contribution < -0.4 is 22.9 Å². The van der Waals surface area contributed by atoms with E-state index >= 15 is 0 Å². The summed E-state index contributed by atoms with van der Waals surface area (Å²) in [6.07, 6.45) is 4.29. The molecule has 3 rings (SSSR count). The van der Waals surface area contributed by atoms with Gasteiger partial charge in [0.25, 0.3) is 0 Å². The quantitative estimate of drug-likeness (QED) is 0.195. The lowest BCUT2D eigenvalue weighted by atomic mass is 9.99. The minimum absolute atomic E-state index is 0.0553. The van der Waals surface area contributed by atoms with Gasteiger partial charge in [-0.05, 0) is 116 Å². The van der Waals surface area contributed by atoms with Crippen LogP contribution in [0.1, 0.15) is 68.4 Å². The molecule has 0 radical (unpaired) electrons. The number of hydrogen-bond donors (Lipinski definition) is 5. The lowest BCUT2D eigenvalue weighted by Gasteiger charge is -2.23. The van der Waals surface area contributed by atoms with E-state index in [0.717, 1.165) is 48.8 Å².